The fourth-order valence-electron chi connectivity index (χ4n) is 3.87. The molecule has 2 N–H and O–H groups in total. The molecule has 162 valence electrons. The number of rotatable bonds is 7. The van der Waals surface area contributed by atoms with Crippen LogP contribution in [0.3, 0.4) is 0 Å². The van der Waals surface area contributed by atoms with Crippen molar-refractivity contribution in [2.75, 3.05) is 0 Å². The molecule has 0 bridgehead atoms. The first-order valence-corrected chi connectivity index (χ1v) is 10.7. The van der Waals surface area contributed by atoms with E-state index < -0.39 is 5.97 Å². The van der Waals surface area contributed by atoms with E-state index in [-0.39, 0.29) is 11.6 Å². The van der Waals surface area contributed by atoms with E-state index in [1.807, 2.05) is 37.9 Å². The number of nitrogens with zero attached hydrogens (tertiary/aromatic N) is 2. The smallest absolute Gasteiger partial charge is 0.337 e. The molecule has 0 radical (unpaired) electrons. The Bertz CT molecular complexity index is 1020. The Hall–Kier alpha value is -3.34. The van der Waals surface area contributed by atoms with Crippen molar-refractivity contribution in [1.29, 1.82) is 0 Å². The SMILES string of the molecule is C=C(C(=O)O)/C(=C\C=C/C)NC(C)C1=CC(C)=CN2C(=C)C=C(C3=CCCCC3)N=C12. The summed E-state index contributed by atoms with van der Waals surface area (Å²) in [5.74, 6) is -0.227. The Labute approximate surface area is 184 Å². The largest absolute Gasteiger partial charge is 0.478 e. The first kappa shape index (κ1) is 22.3. The van der Waals surface area contributed by atoms with Gasteiger partial charge in [0.15, 0.2) is 0 Å². The van der Waals surface area contributed by atoms with E-state index in [0.717, 1.165) is 41.2 Å². The number of nitrogens with one attached hydrogen (secondary N) is 1. The Balaban J connectivity index is 1.95. The lowest BCUT2D eigenvalue weighted by atomic mass is 9.94. The topological polar surface area (TPSA) is 64.9 Å². The number of allylic oxidation sites excluding steroid dienone is 8. The molecule has 1 atom stereocenters. The van der Waals surface area contributed by atoms with Crippen molar-refractivity contribution >= 4 is 11.8 Å². The van der Waals surface area contributed by atoms with E-state index >= 15 is 0 Å². The van der Waals surface area contributed by atoms with Crippen molar-refractivity contribution in [3.63, 3.8) is 0 Å². The van der Waals surface area contributed by atoms with Crippen LogP contribution in [0.4, 0.5) is 0 Å². The maximum absolute atomic E-state index is 11.5. The van der Waals surface area contributed by atoms with E-state index in [4.69, 9.17) is 4.99 Å². The molecule has 5 nitrogen and oxygen atoms in total. The Morgan fingerprint density at radius 3 is 2.77 bits per heavy atom. The molecule has 31 heavy (non-hydrogen) atoms. The summed E-state index contributed by atoms with van der Waals surface area (Å²) in [7, 11) is 0. The van der Waals surface area contributed by atoms with Crippen molar-refractivity contribution in [2.45, 2.75) is 52.5 Å². The van der Waals surface area contributed by atoms with Crippen LogP contribution in [0, 0.1) is 0 Å². The lowest BCUT2D eigenvalue weighted by Crippen LogP contribution is -2.40. The molecular formula is C26H31N3O2. The molecule has 1 aliphatic carbocycles. The number of aliphatic carboxylic acids is 1. The first-order valence-electron chi connectivity index (χ1n) is 10.7. The lowest BCUT2D eigenvalue weighted by Gasteiger charge is -2.35. The molecule has 2 aliphatic heterocycles. The summed E-state index contributed by atoms with van der Waals surface area (Å²) in [5, 5.41) is 12.8. The third-order valence-electron chi connectivity index (χ3n) is 5.54. The first-order chi connectivity index (χ1) is 14.8. The van der Waals surface area contributed by atoms with Gasteiger partial charge in [0.05, 0.1) is 17.3 Å². The van der Waals surface area contributed by atoms with E-state index in [0.29, 0.717) is 5.70 Å². The monoisotopic (exact) mass is 417 g/mol. The summed E-state index contributed by atoms with van der Waals surface area (Å²) in [5.41, 5.74) is 5.68. The number of carboxylic acid groups (broad SMARTS) is 1. The normalized spacial score (nSPS) is 20.2. The van der Waals surface area contributed by atoms with E-state index in [1.54, 1.807) is 12.2 Å². The number of carbonyl (C=O) groups is 1. The summed E-state index contributed by atoms with van der Waals surface area (Å²) >= 11 is 0. The molecule has 3 aliphatic rings. The van der Waals surface area contributed by atoms with Crippen molar-refractivity contribution in [2.24, 2.45) is 4.99 Å². The predicted octanol–water partition coefficient (Wildman–Crippen LogP) is 5.52. The summed E-state index contributed by atoms with van der Waals surface area (Å²) in [6.07, 6.45) is 18.4. The van der Waals surface area contributed by atoms with Crippen LogP contribution in [-0.4, -0.2) is 27.9 Å². The third kappa shape index (κ3) is 5.05. The van der Waals surface area contributed by atoms with Crippen molar-refractivity contribution in [1.82, 2.24) is 10.2 Å². The molecule has 0 aromatic heterocycles. The number of hydrogen-bond donors (Lipinski definition) is 2. The van der Waals surface area contributed by atoms with Crippen molar-refractivity contribution < 1.29 is 9.90 Å². The zero-order valence-corrected chi connectivity index (χ0v) is 18.6. The third-order valence-corrected chi connectivity index (χ3v) is 5.54. The van der Waals surface area contributed by atoms with Crippen LogP contribution in [0.1, 0.15) is 46.5 Å². The minimum atomic E-state index is -1.05. The summed E-state index contributed by atoms with van der Waals surface area (Å²) in [4.78, 5) is 18.5. The molecule has 0 fully saturated rings. The highest BCUT2D eigenvalue weighted by Gasteiger charge is 2.29. The molecule has 0 amide bonds. The number of amidine groups is 1. The molecule has 0 saturated carbocycles. The molecule has 0 spiro atoms. The van der Waals surface area contributed by atoms with Gasteiger partial charge >= 0.3 is 5.97 Å². The highest BCUT2D eigenvalue weighted by molar-refractivity contribution is 6.04. The minimum Gasteiger partial charge on any atom is -0.478 e. The number of hydrogen-bond acceptors (Lipinski definition) is 4. The molecular weight excluding hydrogens is 386 g/mol. The van der Waals surface area contributed by atoms with Crippen LogP contribution >= 0.6 is 0 Å². The van der Waals surface area contributed by atoms with Crippen molar-refractivity contribution in [3.8, 4) is 0 Å². The Morgan fingerprint density at radius 1 is 1.35 bits per heavy atom. The second-order valence-electron chi connectivity index (χ2n) is 8.03. The summed E-state index contributed by atoms with van der Waals surface area (Å²) in [6.45, 7) is 13.9. The molecule has 2 heterocycles. The fourth-order valence-corrected chi connectivity index (χ4v) is 3.87. The summed E-state index contributed by atoms with van der Waals surface area (Å²) < 4.78 is 0. The van der Waals surface area contributed by atoms with Crippen molar-refractivity contribution in [3.05, 3.63) is 95.2 Å². The number of fused-ring (bicyclic) bond motifs is 1. The van der Waals surface area contributed by atoms with Gasteiger partial charge in [0, 0.05) is 23.2 Å². The van der Waals surface area contributed by atoms with Crippen LogP contribution in [-0.2, 0) is 4.79 Å². The molecule has 0 aromatic carbocycles. The Kier molecular flexibility index (Phi) is 6.95. The highest BCUT2D eigenvalue weighted by atomic mass is 16.4. The molecule has 0 aromatic rings. The lowest BCUT2D eigenvalue weighted by molar-refractivity contribution is -0.132. The van der Waals surface area contributed by atoms with E-state index in [1.165, 1.54) is 18.4 Å². The van der Waals surface area contributed by atoms with Gasteiger partial charge in [-0.3, -0.25) is 0 Å². The van der Waals surface area contributed by atoms with Gasteiger partial charge in [-0.25, -0.2) is 9.79 Å². The molecule has 0 saturated heterocycles. The van der Waals surface area contributed by atoms with Gasteiger partial charge < -0.3 is 15.3 Å². The highest BCUT2D eigenvalue weighted by Crippen LogP contribution is 2.33. The van der Waals surface area contributed by atoms with Gasteiger partial charge in [-0.2, -0.15) is 0 Å². The van der Waals surface area contributed by atoms with Crippen LogP contribution in [0.15, 0.2) is 100 Å². The average molecular weight is 418 g/mol. The average Bonchev–Trinajstić information content (AvgIpc) is 2.76. The van der Waals surface area contributed by atoms with Crippen LogP contribution in [0.5, 0.6) is 0 Å². The second-order valence-corrected chi connectivity index (χ2v) is 8.03. The summed E-state index contributed by atoms with van der Waals surface area (Å²) in [6, 6.07) is -0.190. The van der Waals surface area contributed by atoms with Gasteiger partial charge in [-0.15, -0.1) is 0 Å². The maximum Gasteiger partial charge on any atom is 0.337 e. The molecule has 5 heteroatoms. The number of aliphatic imine (C=N–C) groups is 1. The van der Waals surface area contributed by atoms with Crippen LogP contribution in [0.25, 0.3) is 0 Å². The van der Waals surface area contributed by atoms with E-state index in [2.05, 4.69) is 36.7 Å². The van der Waals surface area contributed by atoms with Gasteiger partial charge in [-0.05, 0) is 75.8 Å². The van der Waals surface area contributed by atoms with Gasteiger partial charge in [0.2, 0.25) is 0 Å². The standard InChI is InChI=1S/C26H31N3O2/c1-6-7-13-23(19(4)26(30)31)27-20(5)22-14-17(2)16-29-18(3)15-24(28-25(22)29)21-11-9-8-10-12-21/h6-7,11,13-16,20,27H,3-4,8-10,12H2,1-2,5H3,(H,30,31)/b7-6-,23-13+. The van der Waals surface area contributed by atoms with Gasteiger partial charge in [0.25, 0.3) is 0 Å². The van der Waals surface area contributed by atoms with E-state index in [9.17, 15) is 9.90 Å². The maximum atomic E-state index is 11.5. The zero-order valence-electron chi connectivity index (χ0n) is 18.6. The fraction of sp³-hybridized carbons (Fsp3) is 0.308. The zero-order chi connectivity index (χ0) is 22.5. The quantitative estimate of drug-likeness (QED) is 0.423. The second kappa shape index (κ2) is 9.65. The molecule has 1 unspecified atom stereocenters. The Morgan fingerprint density at radius 2 is 2.13 bits per heavy atom. The number of carboxylic acids is 1. The minimum absolute atomic E-state index is 0.0217. The van der Waals surface area contributed by atoms with Crippen LogP contribution < -0.4 is 5.32 Å². The van der Waals surface area contributed by atoms with Gasteiger partial charge in [-0.1, -0.05) is 31.4 Å². The predicted molar refractivity (Wildman–Crippen MR) is 127 cm³/mol. The van der Waals surface area contributed by atoms with Crippen LogP contribution in [0.2, 0.25) is 0 Å². The van der Waals surface area contributed by atoms with Gasteiger partial charge in [0.1, 0.15) is 5.84 Å². The molecule has 3 rings (SSSR count).